The average Bonchev–Trinajstić information content (AvgIpc) is 3.02. The number of amides is 2. The summed E-state index contributed by atoms with van der Waals surface area (Å²) >= 11 is 0. The van der Waals surface area contributed by atoms with Gasteiger partial charge in [0.1, 0.15) is 6.04 Å². The maximum atomic E-state index is 12.4. The van der Waals surface area contributed by atoms with E-state index >= 15 is 0 Å². The number of hydrogen-bond acceptors (Lipinski definition) is 7. The van der Waals surface area contributed by atoms with Crippen LogP contribution in [0.2, 0.25) is 0 Å². The van der Waals surface area contributed by atoms with E-state index in [0.29, 0.717) is 22.9 Å². The number of aromatic nitrogens is 2. The van der Waals surface area contributed by atoms with Crippen molar-refractivity contribution >= 4 is 29.1 Å². The number of rotatable bonds is 5. The molecule has 1 aliphatic rings. The molecule has 0 spiro atoms. The highest BCUT2D eigenvalue weighted by atomic mass is 16.2. The van der Waals surface area contributed by atoms with Gasteiger partial charge in [-0.05, 0) is 31.0 Å². The van der Waals surface area contributed by atoms with Crippen molar-refractivity contribution in [2.45, 2.75) is 25.9 Å². The fraction of sp³-hybridized carbons (Fsp3) is 0.333. The lowest BCUT2D eigenvalue weighted by Gasteiger charge is -2.15. The molecular formula is C18H23N7O2. The Morgan fingerprint density at radius 3 is 2.44 bits per heavy atom. The minimum Gasteiger partial charge on any atom is -0.355 e. The van der Waals surface area contributed by atoms with Gasteiger partial charge in [0.15, 0.2) is 0 Å². The SMILES string of the molecule is CNC(=O)c1cccc(Nc2ncc(NC(=O)C3NNC(C)C3C)cn2)c1. The van der Waals surface area contributed by atoms with Gasteiger partial charge in [0, 0.05) is 24.3 Å². The van der Waals surface area contributed by atoms with Gasteiger partial charge in [-0.15, -0.1) is 0 Å². The first-order chi connectivity index (χ1) is 13.0. The lowest BCUT2D eigenvalue weighted by molar-refractivity contribution is -0.118. The summed E-state index contributed by atoms with van der Waals surface area (Å²) in [6.07, 6.45) is 3.07. The molecule has 3 unspecified atom stereocenters. The number of anilines is 3. The Morgan fingerprint density at radius 2 is 1.81 bits per heavy atom. The quantitative estimate of drug-likeness (QED) is 0.534. The predicted octanol–water partition coefficient (Wildman–Crippen LogP) is 1.02. The van der Waals surface area contributed by atoms with Crippen LogP contribution in [-0.4, -0.2) is 40.9 Å². The Bertz CT molecular complexity index is 825. The summed E-state index contributed by atoms with van der Waals surface area (Å²) in [5.74, 6) is 0.224. The largest absolute Gasteiger partial charge is 0.355 e. The van der Waals surface area contributed by atoms with Crippen LogP contribution in [0.1, 0.15) is 24.2 Å². The first-order valence-electron chi connectivity index (χ1n) is 8.71. The fourth-order valence-corrected chi connectivity index (χ4v) is 2.77. The minimum atomic E-state index is -0.315. The number of nitrogens with one attached hydrogen (secondary N) is 5. The summed E-state index contributed by atoms with van der Waals surface area (Å²) in [7, 11) is 1.58. The molecule has 5 N–H and O–H groups in total. The lowest BCUT2D eigenvalue weighted by Crippen LogP contribution is -2.41. The molecule has 1 aromatic carbocycles. The molecule has 142 valence electrons. The van der Waals surface area contributed by atoms with Crippen LogP contribution in [0.5, 0.6) is 0 Å². The van der Waals surface area contributed by atoms with E-state index in [2.05, 4.69) is 36.8 Å². The Hall–Kier alpha value is -3.04. The maximum Gasteiger partial charge on any atom is 0.251 e. The molecule has 0 radical (unpaired) electrons. The van der Waals surface area contributed by atoms with E-state index < -0.39 is 0 Å². The van der Waals surface area contributed by atoms with E-state index in [1.807, 2.05) is 19.9 Å². The van der Waals surface area contributed by atoms with Crippen molar-refractivity contribution in [1.82, 2.24) is 26.1 Å². The van der Waals surface area contributed by atoms with E-state index in [4.69, 9.17) is 0 Å². The first kappa shape index (κ1) is 18.7. The number of hydrazine groups is 1. The average molecular weight is 369 g/mol. The van der Waals surface area contributed by atoms with Crippen LogP contribution in [0.15, 0.2) is 36.7 Å². The highest BCUT2D eigenvalue weighted by Gasteiger charge is 2.34. The summed E-state index contributed by atoms with van der Waals surface area (Å²) < 4.78 is 0. The van der Waals surface area contributed by atoms with Crippen LogP contribution in [0.4, 0.5) is 17.3 Å². The van der Waals surface area contributed by atoms with Gasteiger partial charge in [0.05, 0.1) is 18.1 Å². The number of carbonyl (C=O) groups excluding carboxylic acids is 2. The molecule has 2 aromatic rings. The van der Waals surface area contributed by atoms with Gasteiger partial charge in [-0.3, -0.25) is 15.0 Å². The molecule has 1 aliphatic heterocycles. The molecule has 9 nitrogen and oxygen atoms in total. The maximum absolute atomic E-state index is 12.4. The molecule has 1 aromatic heterocycles. The van der Waals surface area contributed by atoms with Crippen LogP contribution < -0.4 is 26.8 Å². The highest BCUT2D eigenvalue weighted by Crippen LogP contribution is 2.17. The van der Waals surface area contributed by atoms with Crippen molar-refractivity contribution in [2.24, 2.45) is 5.92 Å². The molecule has 2 heterocycles. The third-order valence-electron chi connectivity index (χ3n) is 4.59. The fourth-order valence-electron chi connectivity index (χ4n) is 2.77. The van der Waals surface area contributed by atoms with Crippen molar-refractivity contribution in [2.75, 3.05) is 17.7 Å². The van der Waals surface area contributed by atoms with E-state index in [0.717, 1.165) is 0 Å². The standard InChI is InChI=1S/C18H23N7O2/c1-10-11(2)24-25-15(10)17(27)22-14-8-20-18(21-9-14)23-13-6-4-5-12(7-13)16(26)19-3/h4-11,15,24-25H,1-3H3,(H,19,26)(H,22,27)(H,20,21,23). The van der Waals surface area contributed by atoms with Crippen molar-refractivity contribution in [1.29, 1.82) is 0 Å². The second-order valence-electron chi connectivity index (χ2n) is 6.48. The zero-order chi connectivity index (χ0) is 19.4. The molecule has 27 heavy (non-hydrogen) atoms. The molecule has 0 saturated carbocycles. The monoisotopic (exact) mass is 369 g/mol. The molecule has 9 heteroatoms. The second-order valence-corrected chi connectivity index (χ2v) is 6.48. The molecule has 3 atom stereocenters. The van der Waals surface area contributed by atoms with Crippen LogP contribution in [0.3, 0.4) is 0 Å². The smallest absolute Gasteiger partial charge is 0.251 e. The molecule has 1 fully saturated rings. The predicted molar refractivity (Wildman–Crippen MR) is 102 cm³/mol. The summed E-state index contributed by atoms with van der Waals surface area (Å²) in [4.78, 5) is 32.5. The zero-order valence-electron chi connectivity index (χ0n) is 15.4. The first-order valence-corrected chi connectivity index (χ1v) is 8.71. The van der Waals surface area contributed by atoms with Crippen LogP contribution in [-0.2, 0) is 4.79 Å². The zero-order valence-corrected chi connectivity index (χ0v) is 15.4. The van der Waals surface area contributed by atoms with E-state index in [9.17, 15) is 9.59 Å². The Balaban J connectivity index is 1.62. The highest BCUT2D eigenvalue weighted by molar-refractivity contribution is 5.95. The van der Waals surface area contributed by atoms with E-state index in [1.165, 1.54) is 12.4 Å². The third kappa shape index (κ3) is 4.39. The van der Waals surface area contributed by atoms with Crippen molar-refractivity contribution in [3.8, 4) is 0 Å². The Labute approximate surface area is 157 Å². The second kappa shape index (κ2) is 8.11. The summed E-state index contributed by atoms with van der Waals surface area (Å²) in [6, 6.07) is 6.91. The summed E-state index contributed by atoms with van der Waals surface area (Å²) in [5.41, 5.74) is 7.79. The number of nitrogens with zero attached hydrogens (tertiary/aromatic N) is 2. The van der Waals surface area contributed by atoms with Crippen LogP contribution in [0.25, 0.3) is 0 Å². The van der Waals surface area contributed by atoms with Gasteiger partial charge >= 0.3 is 0 Å². The van der Waals surface area contributed by atoms with Crippen molar-refractivity contribution < 1.29 is 9.59 Å². The Morgan fingerprint density at radius 1 is 1.07 bits per heavy atom. The topological polar surface area (TPSA) is 120 Å². The summed E-state index contributed by atoms with van der Waals surface area (Å²) in [5, 5.41) is 8.42. The van der Waals surface area contributed by atoms with Crippen LogP contribution in [0, 0.1) is 5.92 Å². The number of carbonyl (C=O) groups is 2. The molecule has 3 rings (SSSR count). The van der Waals surface area contributed by atoms with Crippen molar-refractivity contribution in [3.63, 3.8) is 0 Å². The van der Waals surface area contributed by atoms with Gasteiger partial charge in [-0.2, -0.15) is 0 Å². The normalized spacial score (nSPS) is 21.5. The van der Waals surface area contributed by atoms with Gasteiger partial charge in [0.25, 0.3) is 5.91 Å². The van der Waals surface area contributed by atoms with Gasteiger partial charge in [-0.25, -0.2) is 15.4 Å². The molecule has 2 amide bonds. The van der Waals surface area contributed by atoms with E-state index in [1.54, 1.807) is 25.2 Å². The third-order valence-corrected chi connectivity index (χ3v) is 4.59. The van der Waals surface area contributed by atoms with Crippen LogP contribution >= 0.6 is 0 Å². The molecule has 0 aliphatic carbocycles. The molecule has 0 bridgehead atoms. The lowest BCUT2D eigenvalue weighted by atomic mass is 9.97. The van der Waals surface area contributed by atoms with Gasteiger partial charge in [0.2, 0.25) is 11.9 Å². The summed E-state index contributed by atoms with van der Waals surface area (Å²) in [6.45, 7) is 4.03. The minimum absolute atomic E-state index is 0.137. The van der Waals surface area contributed by atoms with Crippen molar-refractivity contribution in [3.05, 3.63) is 42.2 Å². The molecule has 1 saturated heterocycles. The number of benzene rings is 1. The molecular weight excluding hydrogens is 346 g/mol. The van der Waals surface area contributed by atoms with Gasteiger partial charge < -0.3 is 16.0 Å². The van der Waals surface area contributed by atoms with E-state index in [-0.39, 0.29) is 29.8 Å². The Kier molecular flexibility index (Phi) is 5.63. The van der Waals surface area contributed by atoms with Gasteiger partial charge in [-0.1, -0.05) is 13.0 Å². The number of hydrogen-bond donors (Lipinski definition) is 5.